The van der Waals surface area contributed by atoms with Crippen LogP contribution < -0.4 is 0 Å². The van der Waals surface area contributed by atoms with Crippen LogP contribution in [-0.4, -0.2) is 25.0 Å². The maximum Gasteiger partial charge on any atom is 0.211 e. The van der Waals surface area contributed by atoms with Crippen LogP contribution in [-0.2, 0) is 15.3 Å². The zero-order valence-electron chi connectivity index (χ0n) is 18.6. The number of allylic oxidation sites excluding steroid dienone is 1. The van der Waals surface area contributed by atoms with E-state index >= 15 is 0 Å². The van der Waals surface area contributed by atoms with Crippen molar-refractivity contribution in [2.45, 2.75) is 47.3 Å². The van der Waals surface area contributed by atoms with E-state index in [4.69, 9.17) is 5.41 Å². The monoisotopic (exact) mass is 471 g/mol. The Morgan fingerprint density at radius 2 is 1.41 bits per heavy atom. The molecule has 0 atom stereocenters. The van der Waals surface area contributed by atoms with E-state index in [0.29, 0.717) is 5.56 Å². The van der Waals surface area contributed by atoms with E-state index in [0.717, 1.165) is 36.8 Å². The molecule has 0 aliphatic heterocycles. The summed E-state index contributed by atoms with van der Waals surface area (Å²) in [5.41, 5.74) is 2.40. The highest BCUT2D eigenvalue weighted by atomic mass is 32.2. The van der Waals surface area contributed by atoms with Crippen molar-refractivity contribution >= 4 is 27.4 Å². The molecular formula is C28H25NO4S. The number of ketones is 1. The molecule has 5 rings (SSSR count). The Balaban J connectivity index is 1.56. The number of sulfone groups is 1. The summed E-state index contributed by atoms with van der Waals surface area (Å²) < 4.78 is 27.1. The standard InChI is InChI=1S/C28H25NO4S/c29-25-16-15-23-24(27(25)31)5-4-6-26(23)34(32,33)22-13-9-20(10-14-22)28(17-2-1-3-18-28)19-7-11-21(30)12-8-19/h4-16,29-30H,1-3,17-18H2. The molecule has 0 saturated heterocycles. The molecule has 0 unspecified atom stereocenters. The zero-order valence-corrected chi connectivity index (χ0v) is 19.4. The predicted octanol–water partition coefficient (Wildman–Crippen LogP) is 5.70. The van der Waals surface area contributed by atoms with E-state index < -0.39 is 15.6 Å². The fourth-order valence-electron chi connectivity index (χ4n) is 5.30. The smallest absolute Gasteiger partial charge is 0.211 e. The first-order chi connectivity index (χ1) is 16.3. The molecule has 34 heavy (non-hydrogen) atoms. The van der Waals surface area contributed by atoms with Gasteiger partial charge in [0.2, 0.25) is 15.6 Å². The summed E-state index contributed by atoms with van der Waals surface area (Å²) in [4.78, 5) is 12.6. The molecular weight excluding hydrogens is 446 g/mol. The van der Waals surface area contributed by atoms with Gasteiger partial charge < -0.3 is 5.11 Å². The average molecular weight is 472 g/mol. The number of phenols is 1. The summed E-state index contributed by atoms with van der Waals surface area (Å²) in [5.74, 6) is -0.247. The highest BCUT2D eigenvalue weighted by Gasteiger charge is 2.36. The fraction of sp³-hybridized carbons (Fsp3) is 0.214. The molecule has 0 aromatic heterocycles. The second-order valence-electron chi connectivity index (χ2n) is 9.01. The van der Waals surface area contributed by atoms with Crippen molar-refractivity contribution in [2.75, 3.05) is 0 Å². The molecule has 0 amide bonds. The van der Waals surface area contributed by atoms with Gasteiger partial charge in [-0.3, -0.25) is 10.2 Å². The van der Waals surface area contributed by atoms with E-state index in [1.165, 1.54) is 24.6 Å². The summed E-state index contributed by atoms with van der Waals surface area (Å²) in [7, 11) is -3.87. The van der Waals surface area contributed by atoms with Crippen molar-refractivity contribution in [1.29, 1.82) is 5.41 Å². The van der Waals surface area contributed by atoms with Crippen molar-refractivity contribution in [3.8, 4) is 5.75 Å². The van der Waals surface area contributed by atoms with Crippen LogP contribution in [0.2, 0.25) is 0 Å². The van der Waals surface area contributed by atoms with Gasteiger partial charge in [-0.25, -0.2) is 8.42 Å². The van der Waals surface area contributed by atoms with Gasteiger partial charge in [-0.2, -0.15) is 0 Å². The Bertz CT molecular complexity index is 1410. The Labute approximate surface area is 199 Å². The van der Waals surface area contributed by atoms with E-state index in [9.17, 15) is 18.3 Å². The predicted molar refractivity (Wildman–Crippen MR) is 131 cm³/mol. The van der Waals surface area contributed by atoms with Crippen molar-refractivity contribution in [1.82, 2.24) is 0 Å². The molecule has 172 valence electrons. The Hall–Kier alpha value is -3.51. The number of hydrogen-bond acceptors (Lipinski definition) is 5. The van der Waals surface area contributed by atoms with Crippen molar-refractivity contribution in [3.63, 3.8) is 0 Å². The van der Waals surface area contributed by atoms with Gasteiger partial charge in [0.1, 0.15) is 11.5 Å². The number of hydrogen-bond donors (Lipinski definition) is 2. The lowest BCUT2D eigenvalue weighted by Gasteiger charge is -2.38. The van der Waals surface area contributed by atoms with Gasteiger partial charge in [-0.05, 0) is 60.4 Å². The number of fused-ring (bicyclic) bond motifs is 1. The minimum atomic E-state index is -3.87. The number of rotatable bonds is 4. The number of benzene rings is 3. The first kappa shape index (κ1) is 22.3. The Morgan fingerprint density at radius 3 is 2.06 bits per heavy atom. The summed E-state index contributed by atoms with van der Waals surface area (Å²) in [6.07, 6.45) is 8.16. The van der Waals surface area contributed by atoms with Crippen LogP contribution in [0.25, 0.3) is 6.08 Å². The molecule has 1 fully saturated rings. The number of carbonyl (C=O) groups is 1. The highest BCUT2D eigenvalue weighted by Crippen LogP contribution is 2.45. The van der Waals surface area contributed by atoms with E-state index in [-0.39, 0.29) is 32.2 Å². The molecule has 1 saturated carbocycles. The van der Waals surface area contributed by atoms with E-state index in [2.05, 4.69) is 0 Å². The lowest BCUT2D eigenvalue weighted by molar-refractivity contribution is 0.106. The van der Waals surface area contributed by atoms with Crippen molar-refractivity contribution in [2.24, 2.45) is 0 Å². The molecule has 2 N–H and O–H groups in total. The van der Waals surface area contributed by atoms with Gasteiger partial charge in [0.15, 0.2) is 0 Å². The van der Waals surface area contributed by atoms with Gasteiger partial charge >= 0.3 is 0 Å². The first-order valence-electron chi connectivity index (χ1n) is 11.4. The SMILES string of the molecule is N=C1C=Cc2c(cccc2S(=O)(=O)c2ccc(C3(c4ccc(O)cc4)CCCCC3)cc2)C1=O. The minimum absolute atomic E-state index is 0.0702. The van der Waals surface area contributed by atoms with Crippen LogP contribution in [0.4, 0.5) is 0 Å². The Morgan fingerprint density at radius 1 is 0.794 bits per heavy atom. The number of carbonyl (C=O) groups excluding carboxylic acids is 1. The maximum absolute atomic E-state index is 13.5. The fourth-order valence-corrected chi connectivity index (χ4v) is 6.77. The summed E-state index contributed by atoms with van der Waals surface area (Å²) in [5, 5.41) is 17.5. The average Bonchev–Trinajstić information content (AvgIpc) is 2.87. The van der Waals surface area contributed by atoms with Gasteiger partial charge in [0.05, 0.1) is 9.79 Å². The number of aromatic hydroxyl groups is 1. The van der Waals surface area contributed by atoms with Crippen molar-refractivity contribution < 1.29 is 18.3 Å². The second kappa shape index (κ2) is 8.37. The molecule has 2 aliphatic rings. The lowest BCUT2D eigenvalue weighted by Crippen LogP contribution is -2.30. The minimum Gasteiger partial charge on any atom is -0.508 e. The van der Waals surface area contributed by atoms with Crippen LogP contribution >= 0.6 is 0 Å². The summed E-state index contributed by atoms with van der Waals surface area (Å²) in [6.45, 7) is 0. The third-order valence-electron chi connectivity index (χ3n) is 7.11. The quantitative estimate of drug-likeness (QED) is 0.510. The molecule has 0 radical (unpaired) electrons. The van der Waals surface area contributed by atoms with Crippen LogP contribution in [0, 0.1) is 5.41 Å². The normalized spacial score (nSPS) is 17.4. The van der Waals surface area contributed by atoms with Crippen LogP contribution in [0.1, 0.15) is 59.2 Å². The third-order valence-corrected chi connectivity index (χ3v) is 8.93. The second-order valence-corrected chi connectivity index (χ2v) is 10.9. The van der Waals surface area contributed by atoms with Crippen LogP contribution in [0.5, 0.6) is 5.75 Å². The van der Waals surface area contributed by atoms with Gasteiger partial charge in [-0.15, -0.1) is 0 Å². The van der Waals surface area contributed by atoms with Crippen LogP contribution in [0.3, 0.4) is 0 Å². The maximum atomic E-state index is 13.5. The molecule has 0 heterocycles. The van der Waals surface area contributed by atoms with E-state index in [1.54, 1.807) is 36.4 Å². The van der Waals surface area contributed by atoms with Gasteiger partial charge in [-0.1, -0.05) is 61.7 Å². The summed E-state index contributed by atoms with van der Waals surface area (Å²) >= 11 is 0. The number of nitrogens with one attached hydrogen (secondary N) is 1. The lowest BCUT2D eigenvalue weighted by atomic mass is 9.65. The molecule has 5 nitrogen and oxygen atoms in total. The Kier molecular flexibility index (Phi) is 5.48. The molecule has 2 aliphatic carbocycles. The largest absolute Gasteiger partial charge is 0.508 e. The zero-order chi connectivity index (χ0) is 23.9. The topological polar surface area (TPSA) is 95.3 Å². The number of phenolic OH excluding ortho intramolecular Hbond substituents is 1. The number of Topliss-reactive ketones (excluding diaryl/α,β-unsaturated/α-hetero) is 1. The molecule has 3 aromatic carbocycles. The molecule has 0 bridgehead atoms. The van der Waals surface area contributed by atoms with E-state index in [1.807, 2.05) is 24.3 Å². The third kappa shape index (κ3) is 3.59. The molecule has 6 heteroatoms. The van der Waals surface area contributed by atoms with Crippen LogP contribution in [0.15, 0.2) is 82.6 Å². The van der Waals surface area contributed by atoms with Gasteiger partial charge in [0.25, 0.3) is 0 Å². The molecule has 3 aromatic rings. The molecule has 0 spiro atoms. The first-order valence-corrected chi connectivity index (χ1v) is 12.9. The van der Waals surface area contributed by atoms with Crippen molar-refractivity contribution in [3.05, 3.63) is 95.1 Å². The summed E-state index contributed by atoms with van der Waals surface area (Å²) in [6, 6.07) is 19.0. The van der Waals surface area contributed by atoms with Gasteiger partial charge in [0, 0.05) is 16.5 Å². The highest BCUT2D eigenvalue weighted by molar-refractivity contribution is 7.91.